The predicted octanol–water partition coefficient (Wildman–Crippen LogP) is 3.74. The van der Waals surface area contributed by atoms with E-state index in [1.165, 1.54) is 17.4 Å². The Morgan fingerprint density at radius 3 is 2.74 bits per heavy atom. The predicted molar refractivity (Wildman–Crippen MR) is 77.2 cm³/mol. The van der Waals surface area contributed by atoms with E-state index < -0.39 is 12.1 Å². The lowest BCUT2D eigenvalue weighted by Crippen LogP contribution is -2.04. The molecule has 96 valence electrons. The molecule has 0 aliphatic carbocycles. The van der Waals surface area contributed by atoms with Gasteiger partial charge in [0.15, 0.2) is 0 Å². The minimum absolute atomic E-state index is 0.174. The van der Waals surface area contributed by atoms with Gasteiger partial charge in [-0.3, -0.25) is 0 Å². The van der Waals surface area contributed by atoms with E-state index in [0.717, 1.165) is 15.6 Å². The maximum absolute atomic E-state index is 11.1. The zero-order valence-corrected chi connectivity index (χ0v) is 11.4. The van der Waals surface area contributed by atoms with Crippen LogP contribution < -0.4 is 0 Å². The molecule has 2 heterocycles. The smallest absolute Gasteiger partial charge is 0.336 e. The summed E-state index contributed by atoms with van der Waals surface area (Å²) in [5.41, 5.74) is 0.943. The maximum Gasteiger partial charge on any atom is 0.336 e. The molecule has 2 aromatic heterocycles. The molecule has 0 amide bonds. The van der Waals surface area contributed by atoms with Crippen LogP contribution >= 0.6 is 22.7 Å². The topological polar surface area (TPSA) is 57.5 Å². The minimum atomic E-state index is -1.00. The molecule has 3 nitrogen and oxygen atoms in total. The monoisotopic (exact) mass is 290 g/mol. The molecular formula is C14H10O3S2. The van der Waals surface area contributed by atoms with Crippen molar-refractivity contribution in [3.63, 3.8) is 0 Å². The quantitative estimate of drug-likeness (QED) is 0.772. The van der Waals surface area contributed by atoms with Gasteiger partial charge in [0.05, 0.1) is 10.4 Å². The third kappa shape index (κ3) is 2.06. The van der Waals surface area contributed by atoms with Gasteiger partial charge in [-0.15, -0.1) is 22.7 Å². The van der Waals surface area contributed by atoms with E-state index in [9.17, 15) is 9.90 Å². The molecule has 0 aliphatic heterocycles. The van der Waals surface area contributed by atoms with Crippen molar-refractivity contribution in [3.8, 4) is 0 Å². The van der Waals surface area contributed by atoms with Crippen molar-refractivity contribution in [1.82, 2.24) is 0 Å². The van der Waals surface area contributed by atoms with Gasteiger partial charge < -0.3 is 10.2 Å². The first-order valence-electron chi connectivity index (χ1n) is 5.63. The highest BCUT2D eigenvalue weighted by molar-refractivity contribution is 7.17. The maximum atomic E-state index is 11.1. The van der Waals surface area contributed by atoms with E-state index in [4.69, 9.17) is 5.11 Å². The van der Waals surface area contributed by atoms with Crippen LogP contribution in [0.5, 0.6) is 0 Å². The van der Waals surface area contributed by atoms with Crippen molar-refractivity contribution in [1.29, 1.82) is 0 Å². The largest absolute Gasteiger partial charge is 0.478 e. The third-order valence-electron chi connectivity index (χ3n) is 2.98. The van der Waals surface area contributed by atoms with Gasteiger partial charge in [-0.25, -0.2) is 4.79 Å². The number of benzene rings is 1. The molecule has 0 spiro atoms. The average Bonchev–Trinajstić information content (AvgIpc) is 3.05. The Morgan fingerprint density at radius 1 is 1.16 bits per heavy atom. The summed E-state index contributed by atoms with van der Waals surface area (Å²) >= 11 is 2.82. The minimum Gasteiger partial charge on any atom is -0.478 e. The molecule has 5 heteroatoms. The number of carboxylic acids is 1. The summed E-state index contributed by atoms with van der Waals surface area (Å²) in [6.45, 7) is 0. The standard InChI is InChI=1S/C14H10O3S2/c15-12(13-9(14(16)17)5-6-18-13)10-7-19-11-4-2-1-3-8(10)11/h1-7,12,15H,(H,16,17). The van der Waals surface area contributed by atoms with Gasteiger partial charge in [-0.2, -0.15) is 0 Å². The molecule has 1 aromatic carbocycles. The normalized spacial score (nSPS) is 12.7. The average molecular weight is 290 g/mol. The molecule has 1 unspecified atom stereocenters. The lowest BCUT2D eigenvalue weighted by Gasteiger charge is -2.09. The molecule has 19 heavy (non-hydrogen) atoms. The van der Waals surface area contributed by atoms with Crippen molar-refractivity contribution in [3.05, 3.63) is 57.1 Å². The first kappa shape index (κ1) is 12.3. The van der Waals surface area contributed by atoms with E-state index in [1.807, 2.05) is 29.6 Å². The number of rotatable bonds is 3. The number of aliphatic hydroxyl groups is 1. The van der Waals surface area contributed by atoms with Crippen molar-refractivity contribution in [2.75, 3.05) is 0 Å². The van der Waals surface area contributed by atoms with E-state index >= 15 is 0 Å². The Hall–Kier alpha value is -1.69. The molecule has 1 atom stereocenters. The second-order valence-corrected chi connectivity index (χ2v) is 5.95. The lowest BCUT2D eigenvalue weighted by atomic mass is 10.0. The highest BCUT2D eigenvalue weighted by atomic mass is 32.1. The Bertz CT molecular complexity index is 742. The summed E-state index contributed by atoms with van der Waals surface area (Å²) in [4.78, 5) is 11.6. The number of carbonyl (C=O) groups is 1. The third-order valence-corrected chi connectivity index (χ3v) is 4.93. The zero-order valence-electron chi connectivity index (χ0n) is 9.74. The molecule has 3 aromatic rings. The molecule has 0 saturated carbocycles. The molecule has 2 N–H and O–H groups in total. The van der Waals surface area contributed by atoms with Gasteiger partial charge in [0.1, 0.15) is 6.10 Å². The van der Waals surface area contributed by atoms with Crippen LogP contribution in [0.15, 0.2) is 41.1 Å². The zero-order chi connectivity index (χ0) is 13.4. The van der Waals surface area contributed by atoms with E-state index in [1.54, 1.807) is 16.7 Å². The van der Waals surface area contributed by atoms with E-state index in [-0.39, 0.29) is 5.56 Å². The SMILES string of the molecule is O=C(O)c1ccsc1C(O)c1csc2ccccc12. The molecule has 3 rings (SSSR count). The highest BCUT2D eigenvalue weighted by Gasteiger charge is 2.22. The van der Waals surface area contributed by atoms with Crippen molar-refractivity contribution in [2.24, 2.45) is 0 Å². The van der Waals surface area contributed by atoms with Gasteiger partial charge in [-0.1, -0.05) is 18.2 Å². The molecule has 0 radical (unpaired) electrons. The van der Waals surface area contributed by atoms with Gasteiger partial charge in [0.25, 0.3) is 0 Å². The summed E-state index contributed by atoms with van der Waals surface area (Å²) in [5, 5.41) is 24.1. The summed E-state index contributed by atoms with van der Waals surface area (Å²) in [6, 6.07) is 9.32. The van der Waals surface area contributed by atoms with Crippen LogP contribution in [0.2, 0.25) is 0 Å². The fraction of sp³-hybridized carbons (Fsp3) is 0.0714. The fourth-order valence-electron chi connectivity index (χ4n) is 2.06. The van der Waals surface area contributed by atoms with Crippen LogP contribution in [0.4, 0.5) is 0 Å². The Kier molecular flexibility index (Phi) is 3.10. The van der Waals surface area contributed by atoms with Crippen molar-refractivity contribution >= 4 is 38.7 Å². The number of aromatic carboxylic acids is 1. The summed E-state index contributed by atoms with van der Waals surface area (Å²) in [6.07, 6.45) is -0.887. The molecule has 0 bridgehead atoms. The van der Waals surface area contributed by atoms with Gasteiger partial charge >= 0.3 is 5.97 Å². The molecule has 0 saturated heterocycles. The van der Waals surface area contributed by atoms with Crippen LogP contribution in [0, 0.1) is 0 Å². The van der Waals surface area contributed by atoms with Crippen LogP contribution in [0.3, 0.4) is 0 Å². The summed E-state index contributed by atoms with van der Waals surface area (Å²) in [7, 11) is 0. The number of hydrogen-bond donors (Lipinski definition) is 2. The first-order valence-corrected chi connectivity index (χ1v) is 7.39. The molecule has 0 aliphatic rings. The van der Waals surface area contributed by atoms with Gasteiger partial charge in [0.2, 0.25) is 0 Å². The molecule has 0 fully saturated rings. The second-order valence-electron chi connectivity index (χ2n) is 4.09. The van der Waals surface area contributed by atoms with Gasteiger partial charge in [-0.05, 0) is 28.3 Å². The van der Waals surface area contributed by atoms with Crippen LogP contribution in [0.1, 0.15) is 26.9 Å². The fourth-order valence-corrected chi connectivity index (χ4v) is 3.93. The number of carboxylic acid groups (broad SMARTS) is 1. The van der Waals surface area contributed by atoms with Crippen molar-refractivity contribution < 1.29 is 15.0 Å². The first-order chi connectivity index (χ1) is 9.18. The number of fused-ring (bicyclic) bond motifs is 1. The number of aliphatic hydroxyl groups excluding tert-OH is 1. The van der Waals surface area contributed by atoms with Crippen molar-refractivity contribution in [2.45, 2.75) is 6.10 Å². The summed E-state index contributed by atoms with van der Waals surface area (Å²) in [5.74, 6) is -1.00. The number of thiophene rings is 2. The van der Waals surface area contributed by atoms with Gasteiger partial charge in [0, 0.05) is 10.3 Å². The Morgan fingerprint density at radius 2 is 1.95 bits per heavy atom. The van der Waals surface area contributed by atoms with Crippen LogP contribution in [-0.4, -0.2) is 16.2 Å². The van der Waals surface area contributed by atoms with Crippen LogP contribution in [0.25, 0.3) is 10.1 Å². The van der Waals surface area contributed by atoms with E-state index in [0.29, 0.717) is 4.88 Å². The van der Waals surface area contributed by atoms with Crippen LogP contribution in [-0.2, 0) is 0 Å². The van der Waals surface area contributed by atoms with E-state index in [2.05, 4.69) is 0 Å². The summed E-state index contributed by atoms with van der Waals surface area (Å²) < 4.78 is 1.09. The lowest BCUT2D eigenvalue weighted by molar-refractivity contribution is 0.0692. The molecular weight excluding hydrogens is 280 g/mol. The Labute approximate surface area is 117 Å². The highest BCUT2D eigenvalue weighted by Crippen LogP contribution is 2.36. The Balaban J connectivity index is 2.11. The second kappa shape index (κ2) is 4.77. The number of hydrogen-bond acceptors (Lipinski definition) is 4.